The van der Waals surface area contributed by atoms with E-state index in [0.29, 0.717) is 36.2 Å². The lowest BCUT2D eigenvalue weighted by molar-refractivity contribution is -0.155. The Bertz CT molecular complexity index is 631. The van der Waals surface area contributed by atoms with Crippen molar-refractivity contribution < 1.29 is 19.1 Å². The maximum absolute atomic E-state index is 12.5. The molecular formula is C17H19Cl2NO4. The second kappa shape index (κ2) is 7.72. The van der Waals surface area contributed by atoms with Gasteiger partial charge in [0.05, 0.1) is 28.6 Å². The fourth-order valence-electron chi connectivity index (χ4n) is 3.19. The Hall–Kier alpha value is -1.30. The number of likely N-dealkylation sites (tertiary alicyclic amines) is 1. The van der Waals surface area contributed by atoms with Gasteiger partial charge in [-0.2, -0.15) is 0 Å². The van der Waals surface area contributed by atoms with Gasteiger partial charge in [-0.25, -0.2) is 0 Å². The van der Waals surface area contributed by atoms with Crippen molar-refractivity contribution in [2.24, 2.45) is 5.92 Å². The minimum absolute atomic E-state index is 0.0548. The smallest absolute Gasteiger partial charge is 0.311 e. The first-order valence-corrected chi connectivity index (χ1v) is 8.80. The maximum Gasteiger partial charge on any atom is 0.311 e. The zero-order valence-corrected chi connectivity index (χ0v) is 14.7. The molecule has 7 heteroatoms. The minimum atomic E-state index is -0.355. The van der Waals surface area contributed by atoms with Gasteiger partial charge in [0, 0.05) is 13.2 Å². The molecule has 2 aliphatic heterocycles. The van der Waals surface area contributed by atoms with E-state index < -0.39 is 0 Å². The van der Waals surface area contributed by atoms with Crippen LogP contribution in [0.5, 0.6) is 0 Å². The van der Waals surface area contributed by atoms with Gasteiger partial charge in [0.1, 0.15) is 0 Å². The molecule has 5 nitrogen and oxygen atoms in total. The van der Waals surface area contributed by atoms with Crippen molar-refractivity contribution in [3.8, 4) is 0 Å². The molecule has 3 rings (SSSR count). The summed E-state index contributed by atoms with van der Waals surface area (Å²) in [7, 11) is 0. The number of ether oxygens (including phenoxy) is 2. The Morgan fingerprint density at radius 2 is 2.08 bits per heavy atom. The highest BCUT2D eigenvalue weighted by Gasteiger charge is 2.32. The predicted octanol–water partition coefficient (Wildman–Crippen LogP) is 3.24. The number of rotatable bonds is 4. The highest BCUT2D eigenvalue weighted by Crippen LogP contribution is 2.35. The number of nitrogens with zero attached hydrogens (tertiary/aromatic N) is 1. The van der Waals surface area contributed by atoms with Crippen LogP contribution in [0.15, 0.2) is 18.2 Å². The van der Waals surface area contributed by atoms with Crippen molar-refractivity contribution in [2.45, 2.75) is 25.3 Å². The quantitative estimate of drug-likeness (QED) is 0.762. The highest BCUT2D eigenvalue weighted by atomic mass is 35.5. The molecule has 1 amide bonds. The highest BCUT2D eigenvalue weighted by molar-refractivity contribution is 6.42. The van der Waals surface area contributed by atoms with Crippen LogP contribution in [0.2, 0.25) is 10.0 Å². The van der Waals surface area contributed by atoms with Crippen LogP contribution in [0.25, 0.3) is 0 Å². The molecule has 0 aliphatic carbocycles. The van der Waals surface area contributed by atoms with Gasteiger partial charge in [-0.3, -0.25) is 9.59 Å². The molecule has 0 N–H and O–H groups in total. The average Bonchev–Trinajstić information content (AvgIpc) is 3.26. The summed E-state index contributed by atoms with van der Waals surface area (Å²) in [5.74, 6) is -0.788. The molecule has 2 atom stereocenters. The molecule has 130 valence electrons. The third-order valence-corrected chi connectivity index (χ3v) is 5.24. The molecule has 2 aliphatic rings. The molecule has 0 aromatic heterocycles. The molecule has 0 unspecified atom stereocenters. The molecule has 0 bridgehead atoms. The Kier molecular flexibility index (Phi) is 5.64. The van der Waals surface area contributed by atoms with Crippen molar-refractivity contribution in [3.63, 3.8) is 0 Å². The van der Waals surface area contributed by atoms with E-state index in [0.717, 1.165) is 18.4 Å². The largest absolute Gasteiger partial charge is 0.455 e. The van der Waals surface area contributed by atoms with E-state index >= 15 is 0 Å². The van der Waals surface area contributed by atoms with Gasteiger partial charge in [0.2, 0.25) is 0 Å². The van der Waals surface area contributed by atoms with Crippen LogP contribution in [-0.2, 0) is 19.1 Å². The van der Waals surface area contributed by atoms with Gasteiger partial charge in [-0.15, -0.1) is 0 Å². The van der Waals surface area contributed by atoms with Crippen molar-refractivity contribution in [2.75, 3.05) is 26.4 Å². The molecule has 0 saturated carbocycles. The summed E-state index contributed by atoms with van der Waals surface area (Å²) in [6.07, 6.45) is 2.41. The van der Waals surface area contributed by atoms with Crippen LogP contribution in [0, 0.1) is 5.92 Å². The van der Waals surface area contributed by atoms with Crippen LogP contribution in [0.1, 0.15) is 30.9 Å². The molecule has 1 aromatic carbocycles. The molecule has 2 heterocycles. The number of amides is 1. The van der Waals surface area contributed by atoms with Gasteiger partial charge in [-0.05, 0) is 37.0 Å². The first kappa shape index (κ1) is 17.5. The van der Waals surface area contributed by atoms with Crippen LogP contribution in [-0.4, -0.2) is 43.1 Å². The number of esters is 1. The Balaban J connectivity index is 1.60. The first-order chi connectivity index (χ1) is 11.6. The summed E-state index contributed by atoms with van der Waals surface area (Å²) in [5, 5.41) is 0.963. The van der Waals surface area contributed by atoms with E-state index in [1.54, 1.807) is 17.0 Å². The van der Waals surface area contributed by atoms with E-state index in [2.05, 4.69) is 0 Å². The number of hydrogen-bond acceptors (Lipinski definition) is 4. The second-order valence-corrected chi connectivity index (χ2v) is 6.90. The molecule has 0 spiro atoms. The molecule has 2 fully saturated rings. The first-order valence-electron chi connectivity index (χ1n) is 8.05. The van der Waals surface area contributed by atoms with Crippen molar-refractivity contribution in [3.05, 3.63) is 33.8 Å². The summed E-state index contributed by atoms with van der Waals surface area (Å²) in [4.78, 5) is 26.1. The molecule has 0 radical (unpaired) electrons. The van der Waals surface area contributed by atoms with E-state index in [-0.39, 0.29) is 30.4 Å². The van der Waals surface area contributed by atoms with Crippen molar-refractivity contribution >= 4 is 35.1 Å². The zero-order chi connectivity index (χ0) is 17.1. The van der Waals surface area contributed by atoms with E-state index in [4.69, 9.17) is 32.7 Å². The lowest BCUT2D eigenvalue weighted by Crippen LogP contribution is -2.35. The number of benzene rings is 1. The third kappa shape index (κ3) is 3.85. The summed E-state index contributed by atoms with van der Waals surface area (Å²) < 4.78 is 10.3. The van der Waals surface area contributed by atoms with E-state index in [1.807, 2.05) is 6.07 Å². The average molecular weight is 372 g/mol. The summed E-state index contributed by atoms with van der Waals surface area (Å²) in [6, 6.07) is 5.36. The lowest BCUT2D eigenvalue weighted by atomic mass is 10.0. The van der Waals surface area contributed by atoms with Gasteiger partial charge in [0.25, 0.3) is 5.91 Å². The second-order valence-electron chi connectivity index (χ2n) is 6.09. The summed E-state index contributed by atoms with van der Waals surface area (Å²) in [6.45, 7) is 1.36. The molecule has 2 saturated heterocycles. The van der Waals surface area contributed by atoms with Crippen LogP contribution >= 0.6 is 23.2 Å². The summed E-state index contributed by atoms with van der Waals surface area (Å²) >= 11 is 12.0. The zero-order valence-electron chi connectivity index (χ0n) is 13.2. The third-order valence-electron chi connectivity index (χ3n) is 4.50. The lowest BCUT2D eigenvalue weighted by Gasteiger charge is -2.25. The molecule has 24 heavy (non-hydrogen) atoms. The SMILES string of the molecule is O=C(OCC(=O)N1CCC[C@H]1c1ccc(Cl)c(Cl)c1)[C@H]1CCOC1. The molecule has 1 aromatic rings. The Morgan fingerprint density at radius 3 is 2.79 bits per heavy atom. The standard InChI is InChI=1S/C17H19Cl2NO4/c18-13-4-3-11(8-14(13)19)15-2-1-6-20(15)16(21)10-24-17(22)12-5-7-23-9-12/h3-4,8,12,15H,1-2,5-7,9-10H2/t12-,15-/m0/s1. The van der Waals surface area contributed by atoms with Gasteiger partial charge < -0.3 is 14.4 Å². The van der Waals surface area contributed by atoms with E-state index in [1.165, 1.54) is 0 Å². The number of carbonyl (C=O) groups excluding carboxylic acids is 2. The number of hydrogen-bond donors (Lipinski definition) is 0. The van der Waals surface area contributed by atoms with Crippen LogP contribution in [0.4, 0.5) is 0 Å². The molecular weight excluding hydrogens is 353 g/mol. The predicted molar refractivity (Wildman–Crippen MR) is 90.0 cm³/mol. The monoisotopic (exact) mass is 371 g/mol. The van der Waals surface area contributed by atoms with E-state index in [9.17, 15) is 9.59 Å². The maximum atomic E-state index is 12.5. The Labute approximate surface area is 150 Å². The topological polar surface area (TPSA) is 55.8 Å². The fraction of sp³-hybridized carbons (Fsp3) is 0.529. The van der Waals surface area contributed by atoms with Gasteiger partial charge in [-0.1, -0.05) is 29.3 Å². The Morgan fingerprint density at radius 1 is 1.25 bits per heavy atom. The van der Waals surface area contributed by atoms with Gasteiger partial charge >= 0.3 is 5.97 Å². The number of carbonyl (C=O) groups is 2. The van der Waals surface area contributed by atoms with Crippen LogP contribution in [0.3, 0.4) is 0 Å². The minimum Gasteiger partial charge on any atom is -0.455 e. The van der Waals surface area contributed by atoms with Crippen molar-refractivity contribution in [1.29, 1.82) is 0 Å². The van der Waals surface area contributed by atoms with Gasteiger partial charge in [0.15, 0.2) is 6.61 Å². The van der Waals surface area contributed by atoms with Crippen LogP contribution < -0.4 is 0 Å². The number of halogens is 2. The summed E-state index contributed by atoms with van der Waals surface area (Å²) in [5.41, 5.74) is 0.950. The van der Waals surface area contributed by atoms with Crippen molar-refractivity contribution in [1.82, 2.24) is 4.90 Å². The normalized spacial score (nSPS) is 23.5. The fourth-order valence-corrected chi connectivity index (χ4v) is 3.49.